The Morgan fingerprint density at radius 1 is 0.629 bits per heavy atom. The van der Waals surface area contributed by atoms with E-state index in [0.717, 1.165) is 48.9 Å². The van der Waals surface area contributed by atoms with Crippen LogP contribution in [0.4, 0.5) is 0 Å². The average Bonchev–Trinajstić information content (AvgIpc) is 2.82. The fourth-order valence-corrected chi connectivity index (χ4v) is 13.2. The van der Waals surface area contributed by atoms with Crippen molar-refractivity contribution in [3.05, 3.63) is 83.9 Å². The van der Waals surface area contributed by atoms with Gasteiger partial charge in [-0.25, -0.2) is 0 Å². The van der Waals surface area contributed by atoms with E-state index in [2.05, 4.69) is 26.2 Å². The first-order valence-corrected chi connectivity index (χ1v) is 19.1. The zero-order chi connectivity index (χ0) is 25.6. The van der Waals surface area contributed by atoms with Gasteiger partial charge in [-0.15, -0.1) is 0 Å². The number of unbranched alkanes of at least 4 members (excludes halogenated alkanes) is 2. The van der Waals surface area contributed by atoms with Crippen LogP contribution in [0.3, 0.4) is 0 Å². The van der Waals surface area contributed by atoms with Gasteiger partial charge in [-0.1, -0.05) is 85.7 Å². The smallest absolute Gasteiger partial charge is 0.173 e. The van der Waals surface area contributed by atoms with E-state index in [4.69, 9.17) is 4.12 Å². The van der Waals surface area contributed by atoms with Crippen LogP contribution in [0.5, 0.6) is 0 Å². The lowest BCUT2D eigenvalue weighted by Crippen LogP contribution is -2.44. The highest BCUT2D eigenvalue weighted by molar-refractivity contribution is 6.84. The number of carbonyl (C=O) groups is 2. The van der Waals surface area contributed by atoms with E-state index in [9.17, 15) is 9.59 Å². The Kier molecular flexibility index (Phi) is 12.3. The second-order valence-corrected chi connectivity index (χ2v) is 19.3. The van der Waals surface area contributed by atoms with Crippen molar-refractivity contribution in [1.29, 1.82) is 0 Å². The summed E-state index contributed by atoms with van der Waals surface area (Å²) >= 11 is 0. The number of carbonyl (C=O) groups excluding carboxylic acids is 2. The lowest BCUT2D eigenvalue weighted by Gasteiger charge is -2.34. The van der Waals surface area contributed by atoms with Gasteiger partial charge in [0, 0.05) is 12.8 Å². The predicted molar refractivity (Wildman–Crippen MR) is 154 cm³/mol. The molecule has 0 aliphatic rings. The summed E-state index contributed by atoms with van der Waals surface area (Å²) in [6.07, 6.45) is 12.3. The molecule has 0 saturated heterocycles. The molecule has 0 radical (unpaired) electrons. The van der Waals surface area contributed by atoms with Crippen molar-refractivity contribution in [3.63, 3.8) is 0 Å². The van der Waals surface area contributed by atoms with Crippen LogP contribution in [0.2, 0.25) is 38.3 Å². The summed E-state index contributed by atoms with van der Waals surface area (Å²) in [5, 5.41) is 0. The lowest BCUT2D eigenvalue weighted by atomic mass is 10.1. The zero-order valence-electron chi connectivity index (χ0n) is 22.0. The van der Waals surface area contributed by atoms with Gasteiger partial charge >= 0.3 is 0 Å². The van der Waals surface area contributed by atoms with E-state index in [0.29, 0.717) is 12.8 Å². The van der Waals surface area contributed by atoms with Gasteiger partial charge in [0.1, 0.15) is 0 Å². The summed E-state index contributed by atoms with van der Waals surface area (Å²) in [4.78, 5) is 24.3. The molecule has 35 heavy (non-hydrogen) atoms. The maximum Gasteiger partial charge on any atom is 0.173 e. The molecule has 0 unspecified atom stereocenters. The van der Waals surface area contributed by atoms with E-state index in [1.54, 1.807) is 12.2 Å². The maximum atomic E-state index is 12.1. The molecule has 0 saturated carbocycles. The standard InChI is InChI=1S/C30H42O3Si2/c1-34(2,25-13-11-19-29(31)23-21-27-15-7-5-8-16-27)33-35(3,4)26-14-12-20-30(32)24-22-28-17-9-6-10-18-28/h5-10,15-18,21-24H,11-14,19-20,25-26H2,1-4H3/b23-21+,24-22+. The third-order valence-electron chi connectivity index (χ3n) is 5.98. The quantitative estimate of drug-likeness (QED) is 0.131. The molecule has 188 valence electrons. The molecule has 0 aromatic heterocycles. The molecule has 0 atom stereocenters. The SMILES string of the molecule is C[Si](C)(CCCCC(=O)/C=C/c1ccccc1)O[Si](C)(C)CCCCC(=O)/C=C/c1ccccc1. The number of allylic oxidation sites excluding steroid dienone is 2. The molecule has 5 heteroatoms. The van der Waals surface area contributed by atoms with Crippen LogP contribution >= 0.6 is 0 Å². The Hall–Kier alpha value is -2.35. The Balaban J connectivity index is 1.62. The summed E-state index contributed by atoms with van der Waals surface area (Å²) in [5.41, 5.74) is 2.12. The molecule has 0 bridgehead atoms. The molecule has 0 spiro atoms. The van der Waals surface area contributed by atoms with Gasteiger partial charge in [-0.3, -0.25) is 9.59 Å². The van der Waals surface area contributed by atoms with E-state index < -0.39 is 16.6 Å². The highest BCUT2D eigenvalue weighted by Gasteiger charge is 2.32. The maximum absolute atomic E-state index is 12.1. The van der Waals surface area contributed by atoms with Crippen LogP contribution in [0.15, 0.2) is 72.8 Å². The van der Waals surface area contributed by atoms with Crippen LogP contribution in [0, 0.1) is 0 Å². The number of hydrogen-bond acceptors (Lipinski definition) is 3. The molecule has 2 aromatic rings. The molecule has 0 fully saturated rings. The highest BCUT2D eigenvalue weighted by atomic mass is 28.4. The highest BCUT2D eigenvalue weighted by Crippen LogP contribution is 2.25. The molecular weight excluding hydrogens is 464 g/mol. The number of hydrogen-bond donors (Lipinski definition) is 0. The van der Waals surface area contributed by atoms with Crippen LogP contribution in [0.25, 0.3) is 12.2 Å². The molecular formula is C30H42O3Si2. The van der Waals surface area contributed by atoms with Gasteiger partial charge in [0.2, 0.25) is 0 Å². The average molecular weight is 507 g/mol. The Morgan fingerprint density at radius 2 is 1.00 bits per heavy atom. The van der Waals surface area contributed by atoms with E-state index in [1.807, 2.05) is 72.8 Å². The van der Waals surface area contributed by atoms with E-state index >= 15 is 0 Å². The molecule has 0 aliphatic heterocycles. The molecule has 0 amide bonds. The van der Waals surface area contributed by atoms with E-state index in [-0.39, 0.29) is 11.6 Å². The number of benzene rings is 2. The van der Waals surface area contributed by atoms with Gasteiger partial charge in [0.15, 0.2) is 28.2 Å². The van der Waals surface area contributed by atoms with Crippen LogP contribution < -0.4 is 0 Å². The predicted octanol–water partition coefficient (Wildman–Crippen LogP) is 8.32. The van der Waals surface area contributed by atoms with Crippen molar-refractivity contribution in [2.45, 2.75) is 76.8 Å². The van der Waals surface area contributed by atoms with Crippen molar-refractivity contribution in [1.82, 2.24) is 0 Å². The second kappa shape index (κ2) is 14.9. The largest absolute Gasteiger partial charge is 0.455 e. The topological polar surface area (TPSA) is 43.4 Å². The van der Waals surface area contributed by atoms with Crippen molar-refractivity contribution in [2.75, 3.05) is 0 Å². The molecule has 2 rings (SSSR count). The number of ketones is 2. The third-order valence-corrected chi connectivity index (χ3v) is 13.5. The van der Waals surface area contributed by atoms with Gasteiger partial charge < -0.3 is 4.12 Å². The summed E-state index contributed by atoms with van der Waals surface area (Å²) in [7, 11) is -3.52. The monoisotopic (exact) mass is 506 g/mol. The summed E-state index contributed by atoms with van der Waals surface area (Å²) in [5.74, 6) is 0.384. The summed E-state index contributed by atoms with van der Waals surface area (Å²) in [6.45, 7) is 9.21. The van der Waals surface area contributed by atoms with Gasteiger partial charge in [0.05, 0.1) is 0 Å². The van der Waals surface area contributed by atoms with Crippen LogP contribution in [-0.4, -0.2) is 28.2 Å². The minimum atomic E-state index is -1.76. The molecule has 0 heterocycles. The van der Waals surface area contributed by atoms with Gasteiger partial charge in [-0.05, 0) is 74.4 Å². The van der Waals surface area contributed by atoms with E-state index in [1.165, 1.54) is 0 Å². The first-order valence-electron chi connectivity index (χ1n) is 12.9. The van der Waals surface area contributed by atoms with Crippen LogP contribution in [-0.2, 0) is 13.7 Å². The molecule has 3 nitrogen and oxygen atoms in total. The minimum absolute atomic E-state index is 0.192. The van der Waals surface area contributed by atoms with Gasteiger partial charge in [0.25, 0.3) is 0 Å². The Bertz CT molecular complexity index is 884. The van der Waals surface area contributed by atoms with Crippen molar-refractivity contribution >= 4 is 40.4 Å². The molecule has 0 N–H and O–H groups in total. The zero-order valence-corrected chi connectivity index (χ0v) is 24.0. The van der Waals surface area contributed by atoms with Crippen LogP contribution in [0.1, 0.15) is 49.7 Å². The fourth-order valence-electron chi connectivity index (χ4n) is 4.22. The van der Waals surface area contributed by atoms with Gasteiger partial charge in [-0.2, -0.15) is 0 Å². The first kappa shape index (κ1) is 28.9. The number of rotatable bonds is 16. The lowest BCUT2D eigenvalue weighted by molar-refractivity contribution is -0.115. The molecule has 2 aromatic carbocycles. The molecule has 0 aliphatic carbocycles. The minimum Gasteiger partial charge on any atom is -0.455 e. The summed E-state index contributed by atoms with van der Waals surface area (Å²) in [6, 6.07) is 22.0. The fraction of sp³-hybridized carbons (Fsp3) is 0.400. The second-order valence-electron chi connectivity index (χ2n) is 10.5. The van der Waals surface area contributed by atoms with Crippen molar-refractivity contribution in [3.8, 4) is 0 Å². The third kappa shape index (κ3) is 13.4. The van der Waals surface area contributed by atoms with Crippen molar-refractivity contribution in [2.24, 2.45) is 0 Å². The first-order chi connectivity index (χ1) is 16.7. The Labute approximate surface area is 214 Å². The van der Waals surface area contributed by atoms with Crippen molar-refractivity contribution < 1.29 is 13.7 Å². The summed E-state index contributed by atoms with van der Waals surface area (Å²) < 4.78 is 6.73. The Morgan fingerprint density at radius 3 is 1.37 bits per heavy atom. The normalized spacial score (nSPS) is 12.5.